The number of aromatic amines is 2. The molecule has 0 fully saturated rings. The van der Waals surface area contributed by atoms with Crippen molar-refractivity contribution in [3.05, 3.63) is 91.9 Å². The van der Waals surface area contributed by atoms with Crippen molar-refractivity contribution in [1.29, 1.82) is 0 Å². The third kappa shape index (κ3) is 4.45. The number of fused-ring (bicyclic) bond motifs is 1. The average Bonchev–Trinajstić information content (AvgIpc) is 3.24. The van der Waals surface area contributed by atoms with E-state index in [9.17, 15) is 18.8 Å². The Morgan fingerprint density at radius 2 is 1.91 bits per heavy atom. The van der Waals surface area contributed by atoms with Crippen LogP contribution >= 0.6 is 0 Å². The molecule has 9 nitrogen and oxygen atoms in total. The quantitative estimate of drug-likeness (QED) is 0.378. The molecule has 4 N–H and O–H groups in total. The van der Waals surface area contributed by atoms with Crippen molar-refractivity contribution in [2.24, 2.45) is 5.73 Å². The number of H-pyrrole nitrogens is 2. The Bertz CT molecular complexity index is 1440. The van der Waals surface area contributed by atoms with E-state index >= 15 is 0 Å². The summed E-state index contributed by atoms with van der Waals surface area (Å²) in [5.74, 6) is -1.41. The number of aryl methyl sites for hydroxylation is 1. The summed E-state index contributed by atoms with van der Waals surface area (Å²) in [6.07, 6.45) is 1.73. The van der Waals surface area contributed by atoms with Crippen molar-refractivity contribution < 1.29 is 9.18 Å². The maximum Gasteiger partial charge on any atom is 0.330 e. The maximum atomic E-state index is 14.5. The third-order valence-corrected chi connectivity index (χ3v) is 5.48. The van der Waals surface area contributed by atoms with E-state index < -0.39 is 28.9 Å². The normalized spacial score (nSPS) is 12.2. The molecule has 10 heteroatoms. The smallest absolute Gasteiger partial charge is 0.330 e. The molecule has 1 atom stereocenters. The Hall–Kier alpha value is -4.08. The molecule has 0 bridgehead atoms. The van der Waals surface area contributed by atoms with Crippen molar-refractivity contribution in [3.63, 3.8) is 0 Å². The van der Waals surface area contributed by atoms with Crippen LogP contribution in [0.25, 0.3) is 11.2 Å². The summed E-state index contributed by atoms with van der Waals surface area (Å²) in [5, 5.41) is 0. The summed E-state index contributed by atoms with van der Waals surface area (Å²) < 4.78 is 15.9. The first-order valence-electron chi connectivity index (χ1n) is 10.6. The van der Waals surface area contributed by atoms with Crippen LogP contribution in [0.4, 0.5) is 4.39 Å². The number of nitrogens with one attached hydrogen (secondary N) is 2. The second kappa shape index (κ2) is 9.19. The molecule has 0 spiro atoms. The Morgan fingerprint density at radius 1 is 1.12 bits per heavy atom. The van der Waals surface area contributed by atoms with E-state index in [-0.39, 0.29) is 23.3 Å². The second-order valence-electron chi connectivity index (χ2n) is 7.75. The molecular formula is C23H23FN6O3. The predicted octanol–water partition coefficient (Wildman–Crippen LogP) is 2.22. The van der Waals surface area contributed by atoms with Crippen molar-refractivity contribution in [2.45, 2.75) is 38.6 Å². The number of nitrogens with zero attached hydrogens (tertiary/aromatic N) is 3. The Morgan fingerprint density at radius 3 is 2.64 bits per heavy atom. The fraction of sp³-hybridized carbons (Fsp3) is 0.261. The Kier molecular flexibility index (Phi) is 6.16. The van der Waals surface area contributed by atoms with Crippen molar-refractivity contribution in [3.8, 4) is 0 Å². The summed E-state index contributed by atoms with van der Waals surface area (Å²) in [6.45, 7) is 2.38. The molecular weight excluding hydrogens is 427 g/mol. The van der Waals surface area contributed by atoms with E-state index in [0.717, 1.165) is 12.8 Å². The number of hydrogen-bond acceptors (Lipinski definition) is 5. The van der Waals surface area contributed by atoms with Gasteiger partial charge in [-0.1, -0.05) is 37.6 Å². The maximum absolute atomic E-state index is 14.5. The van der Waals surface area contributed by atoms with Gasteiger partial charge in [0, 0.05) is 6.54 Å². The van der Waals surface area contributed by atoms with Crippen LogP contribution in [0.1, 0.15) is 53.3 Å². The number of amides is 1. The minimum atomic E-state index is -0.698. The number of hydrogen-bond donors (Lipinski definition) is 3. The molecule has 0 saturated heterocycles. The highest BCUT2D eigenvalue weighted by molar-refractivity contribution is 5.90. The highest BCUT2D eigenvalue weighted by Gasteiger charge is 2.24. The number of primary amides is 1. The first-order chi connectivity index (χ1) is 15.9. The summed E-state index contributed by atoms with van der Waals surface area (Å²) in [7, 11) is 0. The molecule has 0 radical (unpaired) electrons. The zero-order chi connectivity index (χ0) is 23.5. The molecule has 0 aliphatic heterocycles. The fourth-order valence-electron chi connectivity index (χ4n) is 3.76. The number of benzene rings is 1. The van der Waals surface area contributed by atoms with Gasteiger partial charge in [0.2, 0.25) is 0 Å². The van der Waals surface area contributed by atoms with Crippen LogP contribution in [0.15, 0.2) is 52.1 Å². The number of unbranched alkanes of at least 4 members (excludes halogenated alkanes) is 1. The van der Waals surface area contributed by atoms with Gasteiger partial charge in [-0.3, -0.25) is 19.1 Å². The van der Waals surface area contributed by atoms with Crippen LogP contribution in [0, 0.1) is 5.82 Å². The Balaban J connectivity index is 1.90. The van der Waals surface area contributed by atoms with E-state index in [1.807, 2.05) is 6.92 Å². The van der Waals surface area contributed by atoms with Crippen molar-refractivity contribution in [1.82, 2.24) is 24.5 Å². The van der Waals surface area contributed by atoms with Crippen LogP contribution < -0.4 is 17.0 Å². The molecule has 4 aromatic rings. The number of aromatic nitrogens is 5. The van der Waals surface area contributed by atoms with Gasteiger partial charge in [-0.25, -0.2) is 19.2 Å². The third-order valence-electron chi connectivity index (χ3n) is 5.48. The molecule has 33 heavy (non-hydrogen) atoms. The first-order valence-corrected chi connectivity index (χ1v) is 10.6. The van der Waals surface area contributed by atoms with Crippen molar-refractivity contribution in [2.75, 3.05) is 0 Å². The molecule has 170 valence electrons. The SMILES string of the molecule is CCCCn1c(=O)[nH]c(=O)c2[nH]c(C(Cc3ccccc3F)c3cccc(C(N)=O)n3)nc21. The predicted molar refractivity (Wildman–Crippen MR) is 121 cm³/mol. The van der Waals surface area contributed by atoms with Gasteiger partial charge in [0.1, 0.15) is 22.9 Å². The van der Waals surface area contributed by atoms with Crippen molar-refractivity contribution >= 4 is 17.1 Å². The number of imidazole rings is 1. The topological polar surface area (TPSA) is 140 Å². The Labute approximate surface area is 187 Å². The monoisotopic (exact) mass is 450 g/mol. The number of rotatable bonds is 8. The van der Waals surface area contributed by atoms with Crippen LogP contribution in [0.3, 0.4) is 0 Å². The molecule has 0 aliphatic rings. The van der Waals surface area contributed by atoms with Gasteiger partial charge in [0.25, 0.3) is 11.5 Å². The standard InChI is InChI=1S/C23H23FN6O3/c1-2-3-11-30-21-18(22(32)29-23(30)33)27-20(28-21)14(12-13-7-4-5-8-15(13)24)16-9-6-10-17(26-16)19(25)31/h4-10,14H,2-3,11-12H2,1H3,(H2,25,31)(H,27,28)(H,29,32,33). The number of carbonyl (C=O) groups excluding carboxylic acids is 1. The summed E-state index contributed by atoms with van der Waals surface area (Å²) in [5.41, 5.74) is 5.51. The lowest BCUT2D eigenvalue weighted by atomic mass is 9.94. The summed E-state index contributed by atoms with van der Waals surface area (Å²) >= 11 is 0. The van der Waals surface area contributed by atoms with Gasteiger partial charge in [-0.15, -0.1) is 0 Å². The minimum Gasteiger partial charge on any atom is -0.364 e. The van der Waals surface area contributed by atoms with Crippen LogP contribution in [0.5, 0.6) is 0 Å². The molecule has 4 rings (SSSR count). The van der Waals surface area contributed by atoms with Crippen LogP contribution in [0.2, 0.25) is 0 Å². The number of carbonyl (C=O) groups is 1. The van der Waals surface area contributed by atoms with E-state index in [4.69, 9.17) is 5.73 Å². The van der Waals surface area contributed by atoms with Crippen LogP contribution in [-0.4, -0.2) is 30.4 Å². The van der Waals surface area contributed by atoms with Gasteiger partial charge in [-0.2, -0.15) is 0 Å². The average molecular weight is 450 g/mol. The number of halogens is 1. The fourth-order valence-corrected chi connectivity index (χ4v) is 3.76. The lowest BCUT2D eigenvalue weighted by molar-refractivity contribution is 0.0995. The van der Waals surface area contributed by atoms with Gasteiger partial charge < -0.3 is 10.7 Å². The molecule has 0 saturated carbocycles. The summed E-state index contributed by atoms with van der Waals surface area (Å²) in [6, 6.07) is 11.1. The van der Waals surface area contributed by atoms with Gasteiger partial charge >= 0.3 is 5.69 Å². The molecule has 1 aromatic carbocycles. The lowest BCUT2D eigenvalue weighted by Crippen LogP contribution is -2.30. The number of pyridine rings is 1. The van der Waals surface area contributed by atoms with Gasteiger partial charge in [-0.05, 0) is 36.6 Å². The lowest BCUT2D eigenvalue weighted by Gasteiger charge is -2.15. The highest BCUT2D eigenvalue weighted by atomic mass is 19.1. The van der Waals surface area contributed by atoms with E-state index in [1.54, 1.807) is 30.3 Å². The van der Waals surface area contributed by atoms with Crippen LogP contribution in [-0.2, 0) is 13.0 Å². The summed E-state index contributed by atoms with van der Waals surface area (Å²) in [4.78, 5) is 50.8. The molecule has 0 aliphatic carbocycles. The van der Waals surface area contributed by atoms with E-state index in [2.05, 4.69) is 19.9 Å². The molecule has 3 aromatic heterocycles. The number of nitrogens with two attached hydrogens (primary N) is 1. The van der Waals surface area contributed by atoms with E-state index in [1.165, 1.54) is 16.7 Å². The van der Waals surface area contributed by atoms with E-state index in [0.29, 0.717) is 23.6 Å². The minimum absolute atomic E-state index is 0.0554. The zero-order valence-electron chi connectivity index (χ0n) is 18.0. The van der Waals surface area contributed by atoms with Gasteiger partial charge in [0.05, 0.1) is 11.6 Å². The molecule has 3 heterocycles. The van der Waals surface area contributed by atoms with Gasteiger partial charge in [0.15, 0.2) is 5.65 Å². The highest BCUT2D eigenvalue weighted by Crippen LogP contribution is 2.28. The molecule has 1 unspecified atom stereocenters. The second-order valence-corrected chi connectivity index (χ2v) is 7.75. The molecule has 1 amide bonds. The first kappa shape index (κ1) is 22.1. The largest absolute Gasteiger partial charge is 0.364 e. The zero-order valence-corrected chi connectivity index (χ0v) is 18.0.